The van der Waals surface area contributed by atoms with E-state index in [0.717, 1.165) is 37.3 Å². The van der Waals surface area contributed by atoms with Gasteiger partial charge in [-0.15, -0.1) is 11.8 Å². The van der Waals surface area contributed by atoms with E-state index in [-0.39, 0.29) is 46.3 Å². The number of H-pyrrole nitrogens is 1. The maximum atomic E-state index is 13.4. The van der Waals surface area contributed by atoms with Crippen molar-refractivity contribution >= 4 is 52.5 Å². The fourth-order valence-electron chi connectivity index (χ4n) is 7.83. The van der Waals surface area contributed by atoms with Gasteiger partial charge in [-0.05, 0) is 67.9 Å². The molecule has 3 heterocycles. The Morgan fingerprint density at radius 1 is 1.02 bits per heavy atom. The number of carbonyl (C=O) groups excluding carboxylic acids is 3. The van der Waals surface area contributed by atoms with E-state index in [9.17, 15) is 29.1 Å². The van der Waals surface area contributed by atoms with Gasteiger partial charge < -0.3 is 24.9 Å². The number of carboxylic acid groups (broad SMARTS) is 1. The van der Waals surface area contributed by atoms with Crippen LogP contribution in [-0.4, -0.2) is 63.7 Å². The molecule has 7 rings (SSSR count). The number of rotatable bonds is 9. The molecule has 1 saturated heterocycles. The van der Waals surface area contributed by atoms with Crippen LogP contribution in [0, 0.1) is 36.5 Å². The molecule has 7 atom stereocenters. The lowest BCUT2D eigenvalue weighted by Gasteiger charge is -2.43. The van der Waals surface area contributed by atoms with Gasteiger partial charge in [-0.25, -0.2) is 0 Å². The molecule has 11 nitrogen and oxygen atoms in total. The number of nitrogens with zero attached hydrogens (tertiary/aromatic N) is 1. The van der Waals surface area contributed by atoms with E-state index in [1.54, 1.807) is 17.8 Å². The van der Waals surface area contributed by atoms with Crippen molar-refractivity contribution in [2.24, 2.45) is 29.6 Å². The fourth-order valence-corrected chi connectivity index (χ4v) is 10.7. The molecule has 3 N–H and O–H groups in total. The molecule has 45 heavy (non-hydrogen) atoms. The number of ether oxygens (including phenoxy) is 2. The number of aryl methyl sites for hydroxylation is 1. The summed E-state index contributed by atoms with van der Waals surface area (Å²) in [5, 5.41) is 12.9. The van der Waals surface area contributed by atoms with E-state index in [1.165, 1.54) is 0 Å². The molecule has 2 aliphatic carbocycles. The number of hydrogen-bond acceptors (Lipinski definition) is 9. The van der Waals surface area contributed by atoms with Crippen LogP contribution in [0.4, 0.5) is 5.69 Å². The molecule has 3 aromatic rings. The topological polar surface area (TPSA) is 155 Å². The molecule has 3 fully saturated rings. The number of aliphatic carboxylic acids is 1. The zero-order valence-electron chi connectivity index (χ0n) is 24.5. The molecule has 2 bridgehead atoms. The van der Waals surface area contributed by atoms with Crippen LogP contribution in [0.3, 0.4) is 0 Å². The first kappa shape index (κ1) is 29.6. The minimum absolute atomic E-state index is 0.0301. The lowest BCUT2D eigenvalue weighted by molar-refractivity contribution is -0.149. The number of imide groups is 1. The number of thioether (sulfide) groups is 1. The molecule has 4 aliphatic rings. The molecule has 0 radical (unpaired) electrons. The van der Waals surface area contributed by atoms with E-state index < -0.39 is 36.2 Å². The van der Waals surface area contributed by atoms with Gasteiger partial charge in [0, 0.05) is 21.7 Å². The van der Waals surface area contributed by atoms with Crippen LogP contribution in [0.15, 0.2) is 52.3 Å². The Balaban J connectivity index is 1.18. The molecule has 234 valence electrons. The largest absolute Gasteiger partial charge is 0.490 e. The Labute approximate surface area is 266 Å². The summed E-state index contributed by atoms with van der Waals surface area (Å²) in [5.41, 5.74) is 2.63. The van der Waals surface area contributed by atoms with Crippen LogP contribution >= 0.6 is 23.1 Å². The first-order chi connectivity index (χ1) is 21.6. The first-order valence-electron chi connectivity index (χ1n) is 14.9. The van der Waals surface area contributed by atoms with Crippen molar-refractivity contribution in [2.45, 2.75) is 36.5 Å². The van der Waals surface area contributed by atoms with E-state index in [1.807, 2.05) is 50.2 Å². The molecule has 2 aliphatic heterocycles. The normalized spacial score (nSPS) is 27.6. The summed E-state index contributed by atoms with van der Waals surface area (Å²) in [6, 6.07) is 13.0. The zero-order valence-corrected chi connectivity index (χ0v) is 26.1. The fraction of sp³-hybridized carbons (Fsp3) is 0.406. The molecular formula is C32H31N3O8S2. The molecular weight excluding hydrogens is 618 g/mol. The summed E-state index contributed by atoms with van der Waals surface area (Å²) < 4.78 is 11.9. The second-order valence-electron chi connectivity index (χ2n) is 12.0. The second-order valence-corrected chi connectivity index (χ2v) is 14.2. The quantitative estimate of drug-likeness (QED) is 0.294. The number of likely N-dealkylation sites (tertiary alicyclic amines) is 1. The van der Waals surface area contributed by atoms with Gasteiger partial charge in [-0.2, -0.15) is 0 Å². The number of hydrogen-bond donors (Lipinski definition) is 3. The Hall–Kier alpha value is -4.10. The van der Waals surface area contributed by atoms with Gasteiger partial charge in [-0.1, -0.05) is 35.1 Å². The average molecular weight is 650 g/mol. The summed E-state index contributed by atoms with van der Waals surface area (Å²) in [6.07, 6.45) is 0.696. The summed E-state index contributed by atoms with van der Waals surface area (Å²) >= 11 is 2.71. The minimum Gasteiger partial charge on any atom is -0.490 e. The predicted molar refractivity (Wildman–Crippen MR) is 166 cm³/mol. The number of fused-ring (bicyclic) bond motifs is 9. The Morgan fingerprint density at radius 3 is 2.47 bits per heavy atom. The third kappa shape index (κ3) is 5.02. The maximum Gasteiger partial charge on any atom is 0.323 e. The minimum atomic E-state index is -1.22. The van der Waals surface area contributed by atoms with Gasteiger partial charge in [0.25, 0.3) is 5.91 Å². The van der Waals surface area contributed by atoms with Crippen molar-refractivity contribution in [1.82, 2.24) is 9.88 Å². The Kier molecular flexibility index (Phi) is 7.47. The van der Waals surface area contributed by atoms with Gasteiger partial charge in [0.15, 0.2) is 18.1 Å². The van der Waals surface area contributed by atoms with Crippen molar-refractivity contribution < 1.29 is 33.8 Å². The van der Waals surface area contributed by atoms with E-state index in [4.69, 9.17) is 9.47 Å². The third-order valence-corrected chi connectivity index (χ3v) is 12.0. The monoisotopic (exact) mass is 649 g/mol. The summed E-state index contributed by atoms with van der Waals surface area (Å²) in [7, 11) is 0. The zero-order chi connectivity index (χ0) is 31.6. The van der Waals surface area contributed by atoms with E-state index in [0.29, 0.717) is 30.2 Å². The smallest absolute Gasteiger partial charge is 0.323 e. The number of aromatic amines is 1. The number of carbonyl (C=O) groups is 4. The average Bonchev–Trinajstić information content (AvgIpc) is 3.74. The summed E-state index contributed by atoms with van der Waals surface area (Å²) in [5.74, 6) is -3.13. The number of carboxylic acids is 1. The first-order valence-corrected chi connectivity index (χ1v) is 16.6. The van der Waals surface area contributed by atoms with Crippen molar-refractivity contribution in [2.75, 3.05) is 25.1 Å². The van der Waals surface area contributed by atoms with Crippen molar-refractivity contribution in [1.29, 1.82) is 0 Å². The number of anilines is 1. The van der Waals surface area contributed by atoms with E-state index >= 15 is 0 Å². The molecule has 6 unspecified atom stereocenters. The van der Waals surface area contributed by atoms with Gasteiger partial charge >= 0.3 is 10.8 Å². The summed E-state index contributed by atoms with van der Waals surface area (Å²) in [6.45, 7) is 3.33. The predicted octanol–water partition coefficient (Wildman–Crippen LogP) is 3.72. The molecule has 2 saturated carbocycles. The van der Waals surface area contributed by atoms with Crippen LogP contribution in [0.2, 0.25) is 0 Å². The molecule has 1 aromatic heterocycles. The standard InChI is InChI=1S/C32H31N3O8S2/c1-3-42-20-10-15(6-9-19(20)43-13-21(36)33-16-7-4-14(2)5-8-16)23-24-17-11-18(27(24)44-29-28(23)45-32(41)34-29)26-25(17)30(39)35(31(26)40)12-22(37)38/h4-10,17-18,23-27H,3,11-13H2,1-2H3,(H,33,36)(H,34,41)(H,37,38)/t17?,18?,23-,24?,25?,26?,27?/m1/s1. The van der Waals surface area contributed by atoms with Crippen LogP contribution < -0.4 is 19.7 Å². The van der Waals surface area contributed by atoms with Gasteiger partial charge in [0.1, 0.15) is 6.54 Å². The van der Waals surface area contributed by atoms with Gasteiger partial charge in [0.05, 0.1) is 23.5 Å². The number of nitrogens with one attached hydrogen (secondary N) is 2. The van der Waals surface area contributed by atoms with Crippen LogP contribution in [-0.2, 0) is 19.2 Å². The SMILES string of the molecule is CCOc1cc([C@H]2c3sc(=O)[nH]c3SC3C4CC(C5C(=O)N(CC(=O)O)C(=O)C45)C32)ccc1OCC(=O)Nc1ccc(C)cc1. The van der Waals surface area contributed by atoms with Gasteiger partial charge in [0.2, 0.25) is 11.8 Å². The highest BCUT2D eigenvalue weighted by Crippen LogP contribution is 2.68. The third-order valence-electron chi connectivity index (χ3n) is 9.43. The second kappa shape index (κ2) is 11.4. The van der Waals surface area contributed by atoms with Crippen LogP contribution in [0.25, 0.3) is 0 Å². The maximum absolute atomic E-state index is 13.4. The molecule has 2 aromatic carbocycles. The van der Waals surface area contributed by atoms with Gasteiger partial charge in [-0.3, -0.25) is 28.9 Å². The van der Waals surface area contributed by atoms with E-state index in [2.05, 4.69) is 10.3 Å². The lowest BCUT2D eigenvalue weighted by atomic mass is 9.68. The number of aromatic nitrogens is 1. The summed E-state index contributed by atoms with van der Waals surface area (Å²) in [4.78, 5) is 68.0. The number of amides is 3. The molecule has 13 heteroatoms. The molecule has 3 amide bonds. The Bertz CT molecular complexity index is 1770. The number of benzene rings is 2. The molecule has 0 spiro atoms. The van der Waals surface area contributed by atoms with Crippen molar-refractivity contribution in [3.8, 4) is 11.5 Å². The Morgan fingerprint density at radius 2 is 1.76 bits per heavy atom. The van der Waals surface area contributed by atoms with Crippen molar-refractivity contribution in [3.05, 3.63) is 68.1 Å². The van der Waals surface area contributed by atoms with Crippen molar-refractivity contribution in [3.63, 3.8) is 0 Å². The van der Waals surface area contributed by atoms with Crippen LogP contribution in [0.5, 0.6) is 11.5 Å². The lowest BCUT2D eigenvalue weighted by Crippen LogP contribution is -2.42. The number of thiazole rings is 1. The van der Waals surface area contributed by atoms with Crippen LogP contribution in [0.1, 0.15) is 35.3 Å². The highest BCUT2D eigenvalue weighted by atomic mass is 32.2. The highest BCUT2D eigenvalue weighted by Gasteiger charge is 2.69. The highest BCUT2D eigenvalue weighted by molar-refractivity contribution is 8.00.